The molecule has 0 unspecified atom stereocenters. The van der Waals surface area contributed by atoms with Gasteiger partial charge in [0.1, 0.15) is 5.82 Å². The zero-order valence-corrected chi connectivity index (χ0v) is 21.6. The van der Waals surface area contributed by atoms with Crippen LogP contribution >= 0.6 is 0 Å². The Morgan fingerprint density at radius 2 is 1.79 bits per heavy atom. The highest BCUT2D eigenvalue weighted by Crippen LogP contribution is 2.39. The van der Waals surface area contributed by atoms with Gasteiger partial charge in [0.2, 0.25) is 16.8 Å². The fraction of sp³-hybridized carbons (Fsp3) is 0.259. The molecular weight excluding hydrogens is 522 g/mol. The van der Waals surface area contributed by atoms with Crippen molar-refractivity contribution in [2.45, 2.75) is 24.5 Å². The van der Waals surface area contributed by atoms with Crippen molar-refractivity contribution in [2.75, 3.05) is 19.9 Å². The molecule has 6 rings (SSSR count). The average Bonchev–Trinajstić information content (AvgIpc) is 3.61. The minimum atomic E-state index is -3.73. The van der Waals surface area contributed by atoms with Crippen LogP contribution in [0.15, 0.2) is 66.9 Å². The molecule has 200 valence electrons. The number of fused-ring (bicyclic) bond motifs is 1. The Hall–Kier alpha value is -4.29. The van der Waals surface area contributed by atoms with Crippen LogP contribution in [0.5, 0.6) is 11.5 Å². The fourth-order valence-electron chi connectivity index (χ4n) is 5.04. The second-order valence-corrected chi connectivity index (χ2v) is 11.4. The second-order valence-electron chi connectivity index (χ2n) is 9.44. The Bertz CT molecular complexity index is 1630. The third-order valence-corrected chi connectivity index (χ3v) is 8.88. The number of sulfonamides is 1. The Balaban J connectivity index is 1.24. The van der Waals surface area contributed by atoms with Gasteiger partial charge in [0, 0.05) is 42.4 Å². The maximum absolute atomic E-state index is 13.1. The minimum absolute atomic E-state index is 0.00716. The highest BCUT2D eigenvalue weighted by molar-refractivity contribution is 7.88. The second kappa shape index (κ2) is 10.1. The molecule has 0 saturated carbocycles. The summed E-state index contributed by atoms with van der Waals surface area (Å²) in [6.07, 6.45) is 2.84. The first-order valence-electron chi connectivity index (χ1n) is 12.5. The number of aromatic amines is 1. The van der Waals surface area contributed by atoms with Crippen LogP contribution in [-0.4, -0.2) is 52.5 Å². The zero-order chi connectivity index (χ0) is 27.0. The number of nitrogens with zero attached hydrogens (tertiary/aromatic N) is 4. The molecule has 2 aliphatic heterocycles. The number of nitro groups is 1. The van der Waals surface area contributed by atoms with Gasteiger partial charge in [0.15, 0.2) is 11.5 Å². The SMILES string of the molecule is O=[N+]([O-])c1ccccc1CS(=O)(=O)N1CCC(c2nc(-c3ccc4c(c3)OCO4)c(-c3ccccn3)[nH]2)CC1. The summed E-state index contributed by atoms with van der Waals surface area (Å²) in [4.78, 5) is 23.7. The van der Waals surface area contributed by atoms with Crippen LogP contribution in [0.4, 0.5) is 5.69 Å². The fourth-order valence-corrected chi connectivity index (χ4v) is 6.63. The van der Waals surface area contributed by atoms with Gasteiger partial charge < -0.3 is 14.5 Å². The number of piperidine rings is 1. The van der Waals surface area contributed by atoms with E-state index in [0.29, 0.717) is 37.4 Å². The molecule has 0 amide bonds. The summed E-state index contributed by atoms with van der Waals surface area (Å²) >= 11 is 0. The topological polar surface area (TPSA) is 141 Å². The predicted octanol–water partition coefficient (Wildman–Crippen LogP) is 4.49. The van der Waals surface area contributed by atoms with E-state index in [0.717, 1.165) is 28.5 Å². The van der Waals surface area contributed by atoms with Gasteiger partial charge in [-0.15, -0.1) is 0 Å². The lowest BCUT2D eigenvalue weighted by Crippen LogP contribution is -2.38. The molecule has 4 heterocycles. The van der Waals surface area contributed by atoms with Gasteiger partial charge in [-0.05, 0) is 43.2 Å². The van der Waals surface area contributed by atoms with Crippen molar-refractivity contribution in [3.8, 4) is 34.1 Å². The zero-order valence-electron chi connectivity index (χ0n) is 20.8. The number of hydrogen-bond donors (Lipinski definition) is 1. The smallest absolute Gasteiger partial charge is 0.273 e. The Morgan fingerprint density at radius 1 is 1.03 bits per heavy atom. The molecule has 2 aliphatic rings. The molecule has 4 aromatic rings. The van der Waals surface area contributed by atoms with E-state index in [-0.39, 0.29) is 24.0 Å². The number of hydrogen-bond acceptors (Lipinski definition) is 8. The normalized spacial score (nSPS) is 15.9. The van der Waals surface area contributed by atoms with Crippen LogP contribution in [-0.2, 0) is 15.8 Å². The number of rotatable bonds is 7. The Labute approximate surface area is 224 Å². The van der Waals surface area contributed by atoms with E-state index in [1.165, 1.54) is 22.5 Å². The maximum atomic E-state index is 13.1. The Morgan fingerprint density at radius 3 is 2.56 bits per heavy atom. The molecule has 0 atom stereocenters. The molecule has 1 saturated heterocycles. The molecule has 1 fully saturated rings. The maximum Gasteiger partial charge on any atom is 0.273 e. The van der Waals surface area contributed by atoms with Crippen LogP contribution < -0.4 is 9.47 Å². The molecule has 12 heteroatoms. The van der Waals surface area contributed by atoms with Crippen molar-refractivity contribution in [2.24, 2.45) is 0 Å². The molecule has 39 heavy (non-hydrogen) atoms. The van der Waals surface area contributed by atoms with Crippen molar-refractivity contribution in [1.29, 1.82) is 0 Å². The lowest BCUT2D eigenvalue weighted by molar-refractivity contribution is -0.385. The lowest BCUT2D eigenvalue weighted by Gasteiger charge is -2.30. The summed E-state index contributed by atoms with van der Waals surface area (Å²) in [7, 11) is -3.73. The number of ether oxygens (including phenoxy) is 2. The quantitative estimate of drug-likeness (QED) is 0.264. The van der Waals surface area contributed by atoms with Gasteiger partial charge in [0.05, 0.1) is 27.8 Å². The van der Waals surface area contributed by atoms with Crippen molar-refractivity contribution in [3.63, 3.8) is 0 Å². The first kappa shape index (κ1) is 25.0. The van der Waals surface area contributed by atoms with Gasteiger partial charge in [0.25, 0.3) is 5.69 Å². The monoisotopic (exact) mass is 547 g/mol. The van der Waals surface area contributed by atoms with Crippen molar-refractivity contribution in [3.05, 3.63) is 88.4 Å². The molecule has 0 bridgehead atoms. The molecule has 11 nitrogen and oxygen atoms in total. The first-order valence-corrected chi connectivity index (χ1v) is 14.1. The van der Waals surface area contributed by atoms with E-state index in [2.05, 4.69) is 9.97 Å². The molecular formula is C27H25N5O6S. The number of nitro benzene ring substituents is 1. The van der Waals surface area contributed by atoms with E-state index in [9.17, 15) is 18.5 Å². The summed E-state index contributed by atoms with van der Waals surface area (Å²) in [5.41, 5.74) is 3.10. The van der Waals surface area contributed by atoms with Crippen LogP contribution in [0.2, 0.25) is 0 Å². The standard InChI is InChI=1S/C27H25N5O6S/c33-32(34)22-7-2-1-5-20(22)16-39(35,36)31-13-10-18(11-14-31)27-29-25(26(30-27)21-6-3-4-12-28-21)19-8-9-23-24(15-19)38-17-37-23/h1-9,12,15,18H,10-11,13-14,16-17H2,(H,29,30). The van der Waals surface area contributed by atoms with E-state index >= 15 is 0 Å². The van der Waals surface area contributed by atoms with Crippen LogP contribution in [0.1, 0.15) is 30.1 Å². The number of pyridine rings is 1. The first-order chi connectivity index (χ1) is 18.9. The number of benzene rings is 2. The summed E-state index contributed by atoms with van der Waals surface area (Å²) in [5, 5.41) is 11.3. The number of nitrogens with one attached hydrogen (secondary N) is 1. The van der Waals surface area contributed by atoms with E-state index in [1.54, 1.807) is 12.3 Å². The molecule has 2 aromatic carbocycles. The number of para-hydroxylation sites is 1. The molecule has 2 aromatic heterocycles. The van der Waals surface area contributed by atoms with Gasteiger partial charge in [-0.1, -0.05) is 24.3 Å². The summed E-state index contributed by atoms with van der Waals surface area (Å²) < 4.78 is 38.7. The highest BCUT2D eigenvalue weighted by Gasteiger charge is 2.32. The van der Waals surface area contributed by atoms with Gasteiger partial charge in [-0.2, -0.15) is 0 Å². The lowest BCUT2D eigenvalue weighted by atomic mass is 9.97. The average molecular weight is 548 g/mol. The number of H-pyrrole nitrogens is 1. The van der Waals surface area contributed by atoms with Crippen molar-refractivity contribution >= 4 is 15.7 Å². The van der Waals surface area contributed by atoms with Crippen LogP contribution in [0, 0.1) is 10.1 Å². The van der Waals surface area contributed by atoms with Gasteiger partial charge >= 0.3 is 0 Å². The molecule has 0 spiro atoms. The van der Waals surface area contributed by atoms with E-state index < -0.39 is 20.7 Å². The minimum Gasteiger partial charge on any atom is -0.454 e. The third kappa shape index (κ3) is 4.95. The third-order valence-electron chi connectivity index (χ3n) is 7.05. The highest BCUT2D eigenvalue weighted by atomic mass is 32.2. The molecule has 0 radical (unpaired) electrons. The van der Waals surface area contributed by atoms with Crippen molar-refractivity contribution in [1.82, 2.24) is 19.3 Å². The summed E-state index contributed by atoms with van der Waals surface area (Å²) in [5.74, 6) is 1.70. The van der Waals surface area contributed by atoms with Gasteiger partial charge in [-0.3, -0.25) is 15.1 Å². The van der Waals surface area contributed by atoms with Crippen LogP contribution in [0.3, 0.4) is 0 Å². The number of imidazole rings is 1. The Kier molecular flexibility index (Phi) is 6.49. The van der Waals surface area contributed by atoms with Crippen molar-refractivity contribution < 1.29 is 22.8 Å². The van der Waals surface area contributed by atoms with Crippen LogP contribution in [0.25, 0.3) is 22.6 Å². The molecule has 1 N–H and O–H groups in total. The molecule has 0 aliphatic carbocycles. The summed E-state index contributed by atoms with van der Waals surface area (Å²) in [6.45, 7) is 0.774. The van der Waals surface area contributed by atoms with Gasteiger partial charge in [-0.25, -0.2) is 17.7 Å². The number of aromatic nitrogens is 3. The predicted molar refractivity (Wildman–Crippen MR) is 143 cm³/mol. The largest absolute Gasteiger partial charge is 0.454 e. The van der Waals surface area contributed by atoms with E-state index in [1.807, 2.05) is 36.4 Å². The summed E-state index contributed by atoms with van der Waals surface area (Å²) in [6, 6.07) is 17.3. The van der Waals surface area contributed by atoms with E-state index in [4.69, 9.17) is 14.5 Å².